The lowest BCUT2D eigenvalue weighted by molar-refractivity contribution is 0.0745. The fourth-order valence-electron chi connectivity index (χ4n) is 3.99. The normalized spacial score (nSPS) is 13.6. The molecule has 3 aromatic heterocycles. The van der Waals surface area contributed by atoms with E-state index < -0.39 is 5.95 Å². The number of rotatable bonds is 7. The maximum atomic E-state index is 14.5. The zero-order valence-corrected chi connectivity index (χ0v) is 19.4. The van der Waals surface area contributed by atoms with Crippen LogP contribution >= 0.6 is 22.9 Å². The molecule has 0 saturated heterocycles. The Kier molecular flexibility index (Phi) is 5.88. The SMILES string of the molecule is Cc1nc(C(=O)N(CCc2c[nH]c3ccc(F)cc23)CC2CC2)c(-c2cc(Cl)cnc2F)s1. The van der Waals surface area contributed by atoms with Crippen LogP contribution in [0.4, 0.5) is 8.78 Å². The molecule has 0 bridgehead atoms. The highest BCUT2D eigenvalue weighted by Gasteiger charge is 2.30. The molecular formula is C24H21ClF2N4OS. The first-order valence-electron chi connectivity index (χ1n) is 10.7. The highest BCUT2D eigenvalue weighted by Crippen LogP contribution is 2.35. The molecule has 1 N–H and O–H groups in total. The molecule has 3 heterocycles. The fourth-order valence-corrected chi connectivity index (χ4v) is 5.06. The molecule has 0 unspecified atom stereocenters. The number of hydrogen-bond acceptors (Lipinski definition) is 4. The van der Waals surface area contributed by atoms with E-state index in [9.17, 15) is 13.6 Å². The van der Waals surface area contributed by atoms with Crippen LogP contribution in [0.1, 0.15) is 33.9 Å². The second-order valence-corrected chi connectivity index (χ2v) is 9.99. The Hall–Kier alpha value is -2.84. The van der Waals surface area contributed by atoms with Crippen LogP contribution in [0.5, 0.6) is 0 Å². The molecule has 0 aliphatic heterocycles. The molecule has 1 aromatic carbocycles. The van der Waals surface area contributed by atoms with Gasteiger partial charge in [0.1, 0.15) is 11.5 Å². The number of carbonyl (C=O) groups excluding carboxylic acids is 1. The number of nitrogens with one attached hydrogen (secondary N) is 1. The summed E-state index contributed by atoms with van der Waals surface area (Å²) in [5.41, 5.74) is 2.19. The summed E-state index contributed by atoms with van der Waals surface area (Å²) in [5, 5.41) is 1.76. The van der Waals surface area contributed by atoms with Crippen molar-refractivity contribution >= 4 is 39.7 Å². The smallest absolute Gasteiger partial charge is 0.274 e. The Morgan fingerprint density at radius 2 is 2.12 bits per heavy atom. The summed E-state index contributed by atoms with van der Waals surface area (Å²) in [7, 11) is 0. The lowest BCUT2D eigenvalue weighted by Crippen LogP contribution is -2.35. The molecule has 1 fully saturated rings. The summed E-state index contributed by atoms with van der Waals surface area (Å²) in [6.07, 6.45) is 5.82. The highest BCUT2D eigenvalue weighted by molar-refractivity contribution is 7.15. The third-order valence-corrected chi connectivity index (χ3v) is 7.04. The third kappa shape index (κ3) is 4.63. The Balaban J connectivity index is 1.44. The summed E-state index contributed by atoms with van der Waals surface area (Å²) >= 11 is 7.29. The highest BCUT2D eigenvalue weighted by atomic mass is 35.5. The number of pyridine rings is 1. The lowest BCUT2D eigenvalue weighted by atomic mass is 10.1. The van der Waals surface area contributed by atoms with E-state index in [2.05, 4.69) is 15.0 Å². The molecule has 33 heavy (non-hydrogen) atoms. The molecule has 1 saturated carbocycles. The Bertz CT molecular complexity index is 1350. The van der Waals surface area contributed by atoms with Crippen LogP contribution in [0.25, 0.3) is 21.3 Å². The van der Waals surface area contributed by atoms with Crippen LogP contribution in [0.2, 0.25) is 5.02 Å². The van der Waals surface area contributed by atoms with Gasteiger partial charge in [0, 0.05) is 36.4 Å². The summed E-state index contributed by atoms with van der Waals surface area (Å²) in [4.78, 5) is 27.1. The number of benzene rings is 1. The molecule has 0 radical (unpaired) electrons. The van der Waals surface area contributed by atoms with Gasteiger partial charge in [0.2, 0.25) is 5.95 Å². The number of carbonyl (C=O) groups is 1. The molecule has 170 valence electrons. The van der Waals surface area contributed by atoms with E-state index in [0.29, 0.717) is 35.3 Å². The number of halogens is 3. The van der Waals surface area contributed by atoms with Gasteiger partial charge in [0.25, 0.3) is 5.91 Å². The minimum Gasteiger partial charge on any atom is -0.361 e. The average molecular weight is 487 g/mol. The Labute approximate surface area is 198 Å². The molecule has 0 spiro atoms. The van der Waals surface area contributed by atoms with Crippen LogP contribution in [0.15, 0.2) is 36.7 Å². The monoisotopic (exact) mass is 486 g/mol. The summed E-state index contributed by atoms with van der Waals surface area (Å²) in [6.45, 7) is 2.85. The van der Waals surface area contributed by atoms with Gasteiger partial charge in [-0.05, 0) is 61.9 Å². The molecule has 0 atom stereocenters. The number of H-pyrrole nitrogens is 1. The minimum absolute atomic E-state index is 0.176. The first kappa shape index (κ1) is 22.0. The van der Waals surface area contributed by atoms with Crippen molar-refractivity contribution in [3.05, 3.63) is 69.7 Å². The molecule has 1 aliphatic carbocycles. The van der Waals surface area contributed by atoms with Crippen molar-refractivity contribution in [2.45, 2.75) is 26.2 Å². The van der Waals surface area contributed by atoms with E-state index in [1.165, 1.54) is 35.7 Å². The van der Waals surface area contributed by atoms with Gasteiger partial charge < -0.3 is 9.88 Å². The number of thiazole rings is 1. The van der Waals surface area contributed by atoms with Crippen LogP contribution < -0.4 is 0 Å². The number of amides is 1. The van der Waals surface area contributed by atoms with Crippen molar-refractivity contribution in [3.8, 4) is 10.4 Å². The number of aromatic amines is 1. The van der Waals surface area contributed by atoms with Crippen LogP contribution in [-0.4, -0.2) is 38.8 Å². The predicted molar refractivity (Wildman–Crippen MR) is 126 cm³/mol. The third-order valence-electron chi connectivity index (χ3n) is 5.83. The topological polar surface area (TPSA) is 61.9 Å². The number of nitrogens with zero attached hydrogens (tertiary/aromatic N) is 3. The maximum Gasteiger partial charge on any atom is 0.274 e. The van der Waals surface area contributed by atoms with E-state index in [4.69, 9.17) is 11.6 Å². The summed E-state index contributed by atoms with van der Waals surface area (Å²) < 4.78 is 28.3. The van der Waals surface area contributed by atoms with Crippen molar-refractivity contribution < 1.29 is 13.6 Å². The van der Waals surface area contributed by atoms with Crippen molar-refractivity contribution in [3.63, 3.8) is 0 Å². The minimum atomic E-state index is -0.688. The molecule has 5 rings (SSSR count). The van der Waals surface area contributed by atoms with Gasteiger partial charge in [-0.25, -0.2) is 14.4 Å². The number of aromatic nitrogens is 3. The lowest BCUT2D eigenvalue weighted by Gasteiger charge is -2.22. The van der Waals surface area contributed by atoms with Gasteiger partial charge in [-0.15, -0.1) is 11.3 Å². The van der Waals surface area contributed by atoms with Gasteiger partial charge in [0.15, 0.2) is 0 Å². The van der Waals surface area contributed by atoms with Crippen molar-refractivity contribution in [1.29, 1.82) is 0 Å². The predicted octanol–water partition coefficient (Wildman–Crippen LogP) is 6.02. The van der Waals surface area contributed by atoms with E-state index in [0.717, 1.165) is 29.3 Å². The molecule has 1 amide bonds. The maximum absolute atomic E-state index is 14.5. The first-order valence-corrected chi connectivity index (χ1v) is 11.9. The van der Waals surface area contributed by atoms with E-state index >= 15 is 0 Å². The van der Waals surface area contributed by atoms with Gasteiger partial charge in [-0.3, -0.25) is 4.79 Å². The van der Waals surface area contributed by atoms with Gasteiger partial charge in [0.05, 0.1) is 20.5 Å². The number of aryl methyl sites for hydroxylation is 1. The van der Waals surface area contributed by atoms with Gasteiger partial charge >= 0.3 is 0 Å². The van der Waals surface area contributed by atoms with Crippen LogP contribution in [0.3, 0.4) is 0 Å². The number of fused-ring (bicyclic) bond motifs is 1. The zero-order valence-electron chi connectivity index (χ0n) is 17.9. The largest absolute Gasteiger partial charge is 0.361 e. The van der Waals surface area contributed by atoms with Crippen molar-refractivity contribution in [2.24, 2.45) is 5.92 Å². The molecule has 4 aromatic rings. The van der Waals surface area contributed by atoms with Crippen molar-refractivity contribution in [2.75, 3.05) is 13.1 Å². The molecule has 9 heteroatoms. The van der Waals surface area contributed by atoms with Gasteiger partial charge in [-0.2, -0.15) is 4.39 Å². The van der Waals surface area contributed by atoms with Crippen molar-refractivity contribution in [1.82, 2.24) is 19.9 Å². The summed E-state index contributed by atoms with van der Waals surface area (Å²) in [5.74, 6) is -0.769. The number of hydrogen-bond donors (Lipinski definition) is 1. The second kappa shape index (κ2) is 8.83. The standard InChI is InChI=1S/C24H21ClF2N4OS/c1-13-30-21(22(33-13)19-8-16(25)11-29-23(19)27)24(32)31(12-14-2-3-14)7-6-15-10-28-20-5-4-17(26)9-18(15)20/h4-5,8-11,14,28H,2-3,6-7,12H2,1H3. The molecular weight excluding hydrogens is 466 g/mol. The molecule has 5 nitrogen and oxygen atoms in total. The second-order valence-electron chi connectivity index (χ2n) is 8.35. The van der Waals surface area contributed by atoms with Crippen LogP contribution in [0, 0.1) is 24.6 Å². The quantitative estimate of drug-likeness (QED) is 0.325. The van der Waals surface area contributed by atoms with E-state index in [-0.39, 0.29) is 28.0 Å². The Morgan fingerprint density at radius 3 is 2.91 bits per heavy atom. The van der Waals surface area contributed by atoms with E-state index in [1.54, 1.807) is 17.9 Å². The summed E-state index contributed by atoms with van der Waals surface area (Å²) in [6, 6.07) is 6.10. The van der Waals surface area contributed by atoms with E-state index in [1.807, 2.05) is 6.20 Å². The molecule has 1 aliphatic rings. The zero-order chi connectivity index (χ0) is 23.1. The van der Waals surface area contributed by atoms with Gasteiger partial charge in [-0.1, -0.05) is 11.6 Å². The van der Waals surface area contributed by atoms with Crippen LogP contribution in [-0.2, 0) is 6.42 Å². The Morgan fingerprint density at radius 1 is 1.30 bits per heavy atom. The first-order chi connectivity index (χ1) is 15.9. The average Bonchev–Trinajstić information content (AvgIpc) is 3.40. The fraction of sp³-hybridized carbons (Fsp3) is 0.292.